The number of benzene rings is 2. The Morgan fingerprint density at radius 3 is 2.33 bits per heavy atom. The molecule has 0 aliphatic carbocycles. The molecule has 0 radical (unpaired) electrons. The molecule has 1 atom stereocenters. The minimum absolute atomic E-state index is 0.420. The summed E-state index contributed by atoms with van der Waals surface area (Å²) in [5.41, 5.74) is 1.91. The van der Waals surface area contributed by atoms with E-state index in [9.17, 15) is 8.78 Å². The third-order valence-electron chi connectivity index (χ3n) is 3.11. The maximum Gasteiger partial charge on any atom is 0.268 e. The highest BCUT2D eigenvalue weighted by molar-refractivity contribution is 6.30. The molecule has 4 heteroatoms. The van der Waals surface area contributed by atoms with E-state index in [-0.39, 0.29) is 0 Å². The van der Waals surface area contributed by atoms with Gasteiger partial charge < -0.3 is 5.32 Å². The van der Waals surface area contributed by atoms with Gasteiger partial charge >= 0.3 is 0 Å². The molecule has 0 unspecified atom stereocenters. The summed E-state index contributed by atoms with van der Waals surface area (Å²) in [6, 6.07) is 16.4. The van der Waals surface area contributed by atoms with Gasteiger partial charge in [0.1, 0.15) is 0 Å². The van der Waals surface area contributed by atoms with Crippen LogP contribution in [0.15, 0.2) is 66.8 Å². The molecule has 21 heavy (non-hydrogen) atoms. The molecule has 0 aromatic heterocycles. The molecule has 1 nitrogen and oxygen atoms in total. The third kappa shape index (κ3) is 5.56. The van der Waals surface area contributed by atoms with Gasteiger partial charge in [-0.1, -0.05) is 41.9 Å². The Morgan fingerprint density at radius 1 is 1.05 bits per heavy atom. The van der Waals surface area contributed by atoms with Crippen molar-refractivity contribution in [3.05, 3.63) is 77.3 Å². The van der Waals surface area contributed by atoms with Crippen LogP contribution in [-0.2, 0) is 6.42 Å². The van der Waals surface area contributed by atoms with Crippen LogP contribution in [0.4, 0.5) is 14.5 Å². The zero-order valence-corrected chi connectivity index (χ0v) is 12.2. The first-order chi connectivity index (χ1) is 10.1. The van der Waals surface area contributed by atoms with E-state index < -0.39 is 12.1 Å². The van der Waals surface area contributed by atoms with Crippen LogP contribution in [-0.4, -0.2) is 6.04 Å². The van der Waals surface area contributed by atoms with Crippen LogP contribution in [0.1, 0.15) is 12.0 Å². The van der Waals surface area contributed by atoms with Crippen molar-refractivity contribution in [1.82, 2.24) is 0 Å². The average Bonchev–Trinajstić information content (AvgIpc) is 2.48. The van der Waals surface area contributed by atoms with Crippen LogP contribution < -0.4 is 5.32 Å². The highest BCUT2D eigenvalue weighted by Crippen LogP contribution is 2.17. The largest absolute Gasteiger partial charge is 0.379 e. The van der Waals surface area contributed by atoms with Gasteiger partial charge in [-0.25, -0.2) is 0 Å². The van der Waals surface area contributed by atoms with Crippen LogP contribution >= 0.6 is 11.6 Å². The Balaban J connectivity index is 2.01. The van der Waals surface area contributed by atoms with Gasteiger partial charge in [0.05, 0.1) is 6.04 Å². The van der Waals surface area contributed by atoms with Crippen molar-refractivity contribution in [3.8, 4) is 0 Å². The van der Waals surface area contributed by atoms with Gasteiger partial charge in [0.25, 0.3) is 6.08 Å². The SMILES string of the molecule is FC(F)=C[C@H](CCc1ccccc1)Nc1ccc(Cl)cc1. The van der Waals surface area contributed by atoms with Gasteiger partial charge in [-0.05, 0) is 42.7 Å². The second kappa shape index (κ2) is 7.79. The number of hydrogen-bond acceptors (Lipinski definition) is 1. The molecule has 0 amide bonds. The normalized spacial score (nSPS) is 11.8. The van der Waals surface area contributed by atoms with Crippen molar-refractivity contribution in [1.29, 1.82) is 0 Å². The van der Waals surface area contributed by atoms with E-state index in [4.69, 9.17) is 11.6 Å². The molecule has 0 bridgehead atoms. The Morgan fingerprint density at radius 2 is 1.71 bits per heavy atom. The quantitative estimate of drug-likeness (QED) is 0.739. The molecule has 0 aliphatic rings. The van der Waals surface area contributed by atoms with Crippen molar-refractivity contribution >= 4 is 17.3 Å². The number of anilines is 1. The van der Waals surface area contributed by atoms with Gasteiger partial charge in [-0.3, -0.25) is 0 Å². The standard InChI is InChI=1S/C17H16ClF2N/c18-14-7-10-15(11-8-14)21-16(12-17(19)20)9-6-13-4-2-1-3-5-13/h1-5,7-8,10-12,16,21H,6,9H2/t16-/m0/s1. The van der Waals surface area contributed by atoms with Crippen molar-refractivity contribution in [3.63, 3.8) is 0 Å². The predicted molar refractivity (Wildman–Crippen MR) is 83.9 cm³/mol. The van der Waals surface area contributed by atoms with Gasteiger partial charge in [0.15, 0.2) is 0 Å². The second-order valence-electron chi connectivity index (χ2n) is 4.74. The summed E-state index contributed by atoms with van der Waals surface area (Å²) < 4.78 is 25.2. The van der Waals surface area contributed by atoms with Crippen molar-refractivity contribution in [2.75, 3.05) is 5.32 Å². The summed E-state index contributed by atoms with van der Waals surface area (Å²) in [7, 11) is 0. The predicted octanol–water partition coefficient (Wildman–Crippen LogP) is 5.53. The van der Waals surface area contributed by atoms with E-state index >= 15 is 0 Å². The first-order valence-corrected chi connectivity index (χ1v) is 7.10. The Labute approximate surface area is 128 Å². The van der Waals surface area contributed by atoms with Crippen LogP contribution in [0.25, 0.3) is 0 Å². The fourth-order valence-corrected chi connectivity index (χ4v) is 2.20. The maximum absolute atomic E-state index is 12.6. The van der Waals surface area contributed by atoms with Gasteiger partial charge in [-0.2, -0.15) is 8.78 Å². The highest BCUT2D eigenvalue weighted by Gasteiger charge is 2.08. The van der Waals surface area contributed by atoms with E-state index in [1.165, 1.54) is 0 Å². The van der Waals surface area contributed by atoms with E-state index in [1.807, 2.05) is 30.3 Å². The lowest BCUT2D eigenvalue weighted by Crippen LogP contribution is -2.18. The lowest BCUT2D eigenvalue weighted by atomic mass is 10.0. The molecule has 1 N–H and O–H groups in total. The lowest BCUT2D eigenvalue weighted by molar-refractivity contribution is 0.415. The van der Waals surface area contributed by atoms with Crippen molar-refractivity contribution in [2.24, 2.45) is 0 Å². The number of nitrogens with one attached hydrogen (secondary N) is 1. The summed E-state index contributed by atoms with van der Waals surface area (Å²) in [6.07, 6.45) is 0.603. The second-order valence-corrected chi connectivity index (χ2v) is 5.17. The number of aryl methyl sites for hydroxylation is 1. The number of rotatable bonds is 6. The van der Waals surface area contributed by atoms with Gasteiger partial charge in [-0.15, -0.1) is 0 Å². The summed E-state index contributed by atoms with van der Waals surface area (Å²) in [4.78, 5) is 0. The van der Waals surface area contributed by atoms with E-state index in [0.29, 0.717) is 11.4 Å². The van der Waals surface area contributed by atoms with Gasteiger partial charge in [0, 0.05) is 16.8 Å². The Bertz CT molecular complexity index is 577. The zero-order chi connectivity index (χ0) is 15.1. The van der Waals surface area contributed by atoms with Crippen LogP contribution in [0.2, 0.25) is 5.02 Å². The molecule has 0 spiro atoms. The Hall–Kier alpha value is -1.87. The van der Waals surface area contributed by atoms with E-state index in [0.717, 1.165) is 23.7 Å². The van der Waals surface area contributed by atoms with Crippen LogP contribution in [0, 0.1) is 0 Å². The molecular weight excluding hydrogens is 292 g/mol. The van der Waals surface area contributed by atoms with E-state index in [2.05, 4.69) is 5.32 Å². The maximum atomic E-state index is 12.6. The molecule has 0 aliphatic heterocycles. The summed E-state index contributed by atoms with van der Waals surface area (Å²) >= 11 is 5.81. The Kier molecular flexibility index (Phi) is 5.76. The first kappa shape index (κ1) is 15.5. The molecule has 0 heterocycles. The molecule has 2 rings (SSSR count). The fourth-order valence-electron chi connectivity index (χ4n) is 2.08. The monoisotopic (exact) mass is 307 g/mol. The van der Waals surface area contributed by atoms with Crippen LogP contribution in [0.5, 0.6) is 0 Å². The molecule has 0 saturated carbocycles. The third-order valence-corrected chi connectivity index (χ3v) is 3.36. The molecule has 110 valence electrons. The fraction of sp³-hybridized carbons (Fsp3) is 0.176. The smallest absolute Gasteiger partial charge is 0.268 e. The first-order valence-electron chi connectivity index (χ1n) is 6.72. The molecule has 0 saturated heterocycles. The van der Waals surface area contributed by atoms with E-state index in [1.54, 1.807) is 24.3 Å². The van der Waals surface area contributed by atoms with Crippen molar-refractivity contribution in [2.45, 2.75) is 18.9 Å². The lowest BCUT2D eigenvalue weighted by Gasteiger charge is -2.16. The van der Waals surface area contributed by atoms with Gasteiger partial charge in [0.2, 0.25) is 0 Å². The zero-order valence-electron chi connectivity index (χ0n) is 11.4. The number of hydrogen-bond donors (Lipinski definition) is 1. The average molecular weight is 308 g/mol. The molecule has 2 aromatic rings. The number of halogens is 3. The molecule has 0 fully saturated rings. The minimum Gasteiger partial charge on any atom is -0.379 e. The summed E-state index contributed by atoms with van der Waals surface area (Å²) in [5, 5.41) is 3.71. The highest BCUT2D eigenvalue weighted by atomic mass is 35.5. The van der Waals surface area contributed by atoms with Crippen LogP contribution in [0.3, 0.4) is 0 Å². The molecule has 2 aromatic carbocycles. The topological polar surface area (TPSA) is 12.0 Å². The molecular formula is C17H16ClF2N. The summed E-state index contributed by atoms with van der Waals surface area (Å²) in [6.45, 7) is 0. The van der Waals surface area contributed by atoms with Crippen molar-refractivity contribution < 1.29 is 8.78 Å². The summed E-state index contributed by atoms with van der Waals surface area (Å²) in [5.74, 6) is 0. The minimum atomic E-state index is -1.67.